The maximum atomic E-state index is 12.7. The summed E-state index contributed by atoms with van der Waals surface area (Å²) in [6, 6.07) is 8.10. The van der Waals surface area contributed by atoms with Gasteiger partial charge in [-0.1, -0.05) is 18.2 Å². The van der Waals surface area contributed by atoms with E-state index in [1.807, 2.05) is 36.9 Å². The van der Waals surface area contributed by atoms with Crippen molar-refractivity contribution in [2.24, 2.45) is 0 Å². The summed E-state index contributed by atoms with van der Waals surface area (Å²) in [5.41, 5.74) is 3.58. The number of aromatic nitrogens is 2. The zero-order valence-electron chi connectivity index (χ0n) is 11.8. The molecule has 0 saturated carbocycles. The molecule has 1 aromatic carbocycles. The van der Waals surface area contributed by atoms with Crippen LogP contribution in [0.25, 0.3) is 0 Å². The fourth-order valence-corrected chi connectivity index (χ4v) is 2.68. The summed E-state index contributed by atoms with van der Waals surface area (Å²) in [5.74, 6) is 0.688. The molecule has 0 N–H and O–H groups in total. The zero-order chi connectivity index (χ0) is 14.1. The molecule has 4 heteroatoms. The number of benzene rings is 1. The monoisotopic (exact) mass is 267 g/mol. The molecule has 2 aromatic rings. The van der Waals surface area contributed by atoms with Gasteiger partial charge in [0.05, 0.1) is 11.3 Å². The standard InChI is InChI=1S/C16H17N3O/c1-11-14(10-17-12(2)18-11)16(20)19-9-5-7-13-6-3-4-8-15(13)19/h3-4,6,8,10H,5,7,9H2,1-2H3. The number of para-hydroxylation sites is 1. The molecule has 3 rings (SSSR count). The smallest absolute Gasteiger partial charge is 0.261 e. The second kappa shape index (κ2) is 5.04. The van der Waals surface area contributed by atoms with Crippen molar-refractivity contribution in [1.82, 2.24) is 9.97 Å². The van der Waals surface area contributed by atoms with Crippen molar-refractivity contribution in [2.45, 2.75) is 26.7 Å². The van der Waals surface area contributed by atoms with Crippen molar-refractivity contribution in [3.8, 4) is 0 Å². The molecule has 1 aliphatic rings. The minimum atomic E-state index is -0.00495. The van der Waals surface area contributed by atoms with Gasteiger partial charge in [-0.15, -0.1) is 0 Å². The fraction of sp³-hybridized carbons (Fsp3) is 0.312. The summed E-state index contributed by atoms with van der Waals surface area (Å²) in [6.07, 6.45) is 3.66. The Kier molecular flexibility index (Phi) is 3.22. The number of carbonyl (C=O) groups is 1. The third-order valence-corrected chi connectivity index (χ3v) is 3.69. The van der Waals surface area contributed by atoms with Crippen molar-refractivity contribution in [2.75, 3.05) is 11.4 Å². The van der Waals surface area contributed by atoms with Crippen LogP contribution < -0.4 is 4.90 Å². The Morgan fingerprint density at radius 3 is 2.85 bits per heavy atom. The fourth-order valence-electron chi connectivity index (χ4n) is 2.68. The molecule has 0 fully saturated rings. The topological polar surface area (TPSA) is 46.1 Å². The van der Waals surface area contributed by atoms with Gasteiger partial charge in [0, 0.05) is 18.4 Å². The van der Waals surface area contributed by atoms with Crippen LogP contribution in [0, 0.1) is 13.8 Å². The number of fused-ring (bicyclic) bond motifs is 1. The molecule has 1 aromatic heterocycles. The molecule has 0 saturated heterocycles. The Morgan fingerprint density at radius 2 is 2.05 bits per heavy atom. The first kappa shape index (κ1) is 12.8. The number of amides is 1. The van der Waals surface area contributed by atoms with Crippen LogP contribution in [0.2, 0.25) is 0 Å². The molecule has 0 radical (unpaired) electrons. The first-order chi connectivity index (χ1) is 9.66. The van der Waals surface area contributed by atoms with Crippen molar-refractivity contribution >= 4 is 11.6 Å². The number of rotatable bonds is 1. The van der Waals surface area contributed by atoms with Crippen molar-refractivity contribution in [1.29, 1.82) is 0 Å². The van der Waals surface area contributed by atoms with Crippen LogP contribution in [0.1, 0.15) is 33.9 Å². The normalized spacial score (nSPS) is 14.0. The number of carbonyl (C=O) groups excluding carboxylic acids is 1. The number of nitrogens with zero attached hydrogens (tertiary/aromatic N) is 3. The molecule has 0 aliphatic carbocycles. The molecule has 1 amide bonds. The highest BCUT2D eigenvalue weighted by Crippen LogP contribution is 2.28. The highest BCUT2D eigenvalue weighted by molar-refractivity contribution is 6.07. The number of aryl methyl sites for hydroxylation is 3. The van der Waals surface area contributed by atoms with Crippen LogP contribution in [0.15, 0.2) is 30.5 Å². The molecule has 0 spiro atoms. The molecule has 20 heavy (non-hydrogen) atoms. The average molecular weight is 267 g/mol. The summed E-state index contributed by atoms with van der Waals surface area (Å²) in [7, 11) is 0. The lowest BCUT2D eigenvalue weighted by Crippen LogP contribution is -2.36. The lowest BCUT2D eigenvalue weighted by Gasteiger charge is -2.29. The maximum absolute atomic E-state index is 12.7. The lowest BCUT2D eigenvalue weighted by molar-refractivity contribution is 0.0983. The quantitative estimate of drug-likeness (QED) is 0.798. The van der Waals surface area contributed by atoms with E-state index in [4.69, 9.17) is 0 Å². The SMILES string of the molecule is Cc1ncc(C(=O)N2CCCc3ccccc32)c(C)n1. The second-order valence-electron chi connectivity index (χ2n) is 5.11. The van der Waals surface area contributed by atoms with Crippen LogP contribution in [0.5, 0.6) is 0 Å². The second-order valence-corrected chi connectivity index (χ2v) is 5.11. The van der Waals surface area contributed by atoms with Crippen LogP contribution in [-0.4, -0.2) is 22.4 Å². The van der Waals surface area contributed by atoms with E-state index in [2.05, 4.69) is 16.0 Å². The van der Waals surface area contributed by atoms with Crippen LogP contribution >= 0.6 is 0 Å². The molecule has 0 unspecified atom stereocenters. The van der Waals surface area contributed by atoms with Crippen LogP contribution in [0.4, 0.5) is 5.69 Å². The summed E-state index contributed by atoms with van der Waals surface area (Å²) < 4.78 is 0. The Balaban J connectivity index is 2.00. The van der Waals surface area contributed by atoms with Gasteiger partial charge >= 0.3 is 0 Å². The Hall–Kier alpha value is -2.23. The van der Waals surface area contributed by atoms with Gasteiger partial charge in [-0.05, 0) is 38.3 Å². The molecule has 2 heterocycles. The lowest BCUT2D eigenvalue weighted by atomic mass is 10.0. The Morgan fingerprint density at radius 1 is 1.25 bits per heavy atom. The van der Waals surface area contributed by atoms with Crippen molar-refractivity contribution in [3.63, 3.8) is 0 Å². The number of hydrogen-bond donors (Lipinski definition) is 0. The van der Waals surface area contributed by atoms with Gasteiger partial charge in [-0.25, -0.2) is 9.97 Å². The van der Waals surface area contributed by atoms with E-state index < -0.39 is 0 Å². The highest BCUT2D eigenvalue weighted by Gasteiger charge is 2.24. The third-order valence-electron chi connectivity index (χ3n) is 3.69. The largest absolute Gasteiger partial charge is 0.308 e. The van der Waals surface area contributed by atoms with Gasteiger partial charge in [0.15, 0.2) is 0 Å². The maximum Gasteiger partial charge on any atom is 0.261 e. The van der Waals surface area contributed by atoms with Gasteiger partial charge in [0.25, 0.3) is 5.91 Å². The minimum absolute atomic E-state index is 0.00495. The van der Waals surface area contributed by atoms with E-state index >= 15 is 0 Å². The summed E-state index contributed by atoms with van der Waals surface area (Å²) in [6.45, 7) is 4.44. The summed E-state index contributed by atoms with van der Waals surface area (Å²) in [4.78, 5) is 23.0. The molecule has 4 nitrogen and oxygen atoms in total. The Bertz CT molecular complexity index is 667. The van der Waals surface area contributed by atoms with Gasteiger partial charge in [-0.3, -0.25) is 4.79 Å². The van der Waals surface area contributed by atoms with E-state index in [9.17, 15) is 4.79 Å². The van der Waals surface area contributed by atoms with Crippen LogP contribution in [-0.2, 0) is 6.42 Å². The van der Waals surface area contributed by atoms with E-state index in [0.29, 0.717) is 11.4 Å². The highest BCUT2D eigenvalue weighted by atomic mass is 16.2. The van der Waals surface area contributed by atoms with Crippen LogP contribution in [0.3, 0.4) is 0 Å². The van der Waals surface area contributed by atoms with Gasteiger partial charge in [0.1, 0.15) is 5.82 Å². The van der Waals surface area contributed by atoms with Gasteiger partial charge in [-0.2, -0.15) is 0 Å². The third kappa shape index (κ3) is 2.18. The van der Waals surface area contributed by atoms with Crippen molar-refractivity contribution < 1.29 is 4.79 Å². The number of anilines is 1. The van der Waals surface area contributed by atoms with E-state index in [1.54, 1.807) is 6.20 Å². The molecular weight excluding hydrogens is 250 g/mol. The first-order valence-electron chi connectivity index (χ1n) is 6.87. The molecule has 0 atom stereocenters. The zero-order valence-corrected chi connectivity index (χ0v) is 11.8. The Labute approximate surface area is 118 Å². The molecule has 1 aliphatic heterocycles. The number of hydrogen-bond acceptors (Lipinski definition) is 3. The molecule has 102 valence electrons. The van der Waals surface area contributed by atoms with E-state index in [-0.39, 0.29) is 5.91 Å². The van der Waals surface area contributed by atoms with E-state index in [1.165, 1.54) is 5.56 Å². The average Bonchev–Trinajstić information content (AvgIpc) is 2.46. The molecular formula is C16H17N3O. The van der Waals surface area contributed by atoms with Gasteiger partial charge in [0.2, 0.25) is 0 Å². The van der Waals surface area contributed by atoms with Crippen molar-refractivity contribution in [3.05, 3.63) is 53.1 Å². The van der Waals surface area contributed by atoms with Gasteiger partial charge < -0.3 is 4.90 Å². The first-order valence-corrected chi connectivity index (χ1v) is 6.87. The predicted octanol–water partition coefficient (Wildman–Crippen LogP) is 2.69. The van der Waals surface area contributed by atoms with E-state index in [0.717, 1.165) is 30.8 Å². The molecule has 0 bridgehead atoms. The summed E-state index contributed by atoms with van der Waals surface area (Å²) in [5, 5.41) is 0. The summed E-state index contributed by atoms with van der Waals surface area (Å²) >= 11 is 0. The predicted molar refractivity (Wildman–Crippen MR) is 77.9 cm³/mol. The minimum Gasteiger partial charge on any atom is -0.308 e.